The van der Waals surface area contributed by atoms with Crippen molar-refractivity contribution in [1.29, 1.82) is 0 Å². The first kappa shape index (κ1) is 14.6. The SMILES string of the molecule is COc1cc(NCCCCCCO)c(N)cc1F. The van der Waals surface area contributed by atoms with E-state index in [1.54, 1.807) is 6.07 Å². The maximum Gasteiger partial charge on any atom is 0.167 e. The van der Waals surface area contributed by atoms with Crippen LogP contribution in [0.3, 0.4) is 0 Å². The number of halogens is 1. The average molecular weight is 256 g/mol. The van der Waals surface area contributed by atoms with Gasteiger partial charge >= 0.3 is 0 Å². The highest BCUT2D eigenvalue weighted by atomic mass is 19.1. The van der Waals surface area contributed by atoms with Crippen LogP contribution in [0.2, 0.25) is 0 Å². The maximum absolute atomic E-state index is 13.3. The molecule has 0 radical (unpaired) electrons. The standard InChI is InChI=1S/C13H21FN2O2/c1-18-13-9-12(11(15)8-10(13)14)16-6-4-2-3-5-7-17/h8-9,16-17H,2-7,15H2,1H3. The second-order valence-corrected chi connectivity index (χ2v) is 4.14. The van der Waals surface area contributed by atoms with E-state index in [0.717, 1.165) is 32.2 Å². The predicted molar refractivity (Wildman–Crippen MR) is 71.4 cm³/mol. The van der Waals surface area contributed by atoms with E-state index in [1.165, 1.54) is 13.2 Å². The molecule has 0 spiro atoms. The molecule has 18 heavy (non-hydrogen) atoms. The van der Waals surface area contributed by atoms with E-state index < -0.39 is 5.82 Å². The summed E-state index contributed by atoms with van der Waals surface area (Å²) >= 11 is 0. The van der Waals surface area contributed by atoms with Gasteiger partial charge in [0.15, 0.2) is 11.6 Å². The van der Waals surface area contributed by atoms with Crippen LogP contribution < -0.4 is 15.8 Å². The monoisotopic (exact) mass is 256 g/mol. The van der Waals surface area contributed by atoms with Crippen molar-refractivity contribution in [1.82, 2.24) is 0 Å². The van der Waals surface area contributed by atoms with Crippen LogP contribution in [-0.2, 0) is 0 Å². The minimum Gasteiger partial charge on any atom is -0.494 e. The molecule has 1 rings (SSSR count). The van der Waals surface area contributed by atoms with Crippen molar-refractivity contribution >= 4 is 11.4 Å². The van der Waals surface area contributed by atoms with Gasteiger partial charge in [-0.2, -0.15) is 0 Å². The topological polar surface area (TPSA) is 67.5 Å². The molecule has 0 atom stereocenters. The number of nitrogen functional groups attached to an aromatic ring is 1. The number of unbranched alkanes of at least 4 members (excludes halogenated alkanes) is 3. The summed E-state index contributed by atoms with van der Waals surface area (Å²) in [5.74, 6) is -0.268. The predicted octanol–water partition coefficient (Wildman–Crippen LogP) is 2.38. The quantitative estimate of drug-likeness (QED) is 0.493. The number of hydrogen-bond donors (Lipinski definition) is 3. The Morgan fingerprint density at radius 3 is 2.67 bits per heavy atom. The Hall–Kier alpha value is -1.49. The minimum absolute atomic E-state index is 0.187. The third-order valence-electron chi connectivity index (χ3n) is 2.72. The molecule has 0 amide bonds. The zero-order chi connectivity index (χ0) is 13.4. The first-order valence-electron chi connectivity index (χ1n) is 6.16. The highest BCUT2D eigenvalue weighted by Gasteiger charge is 2.07. The van der Waals surface area contributed by atoms with E-state index in [2.05, 4.69) is 5.32 Å². The fourth-order valence-corrected chi connectivity index (χ4v) is 1.69. The third kappa shape index (κ3) is 4.41. The lowest BCUT2D eigenvalue weighted by atomic mass is 10.2. The molecule has 102 valence electrons. The van der Waals surface area contributed by atoms with Crippen molar-refractivity contribution < 1.29 is 14.2 Å². The van der Waals surface area contributed by atoms with Gasteiger partial charge in [-0.05, 0) is 12.8 Å². The van der Waals surface area contributed by atoms with Gasteiger partial charge in [-0.15, -0.1) is 0 Å². The number of aliphatic hydroxyl groups excluding tert-OH is 1. The van der Waals surface area contributed by atoms with E-state index in [1.807, 2.05) is 0 Å². The van der Waals surface area contributed by atoms with Crippen molar-refractivity contribution in [2.45, 2.75) is 25.7 Å². The fourth-order valence-electron chi connectivity index (χ4n) is 1.69. The lowest BCUT2D eigenvalue weighted by Gasteiger charge is -2.11. The number of anilines is 2. The zero-order valence-electron chi connectivity index (χ0n) is 10.7. The van der Waals surface area contributed by atoms with E-state index >= 15 is 0 Å². The molecule has 4 N–H and O–H groups in total. The summed E-state index contributed by atoms with van der Waals surface area (Å²) in [5, 5.41) is 11.8. The molecule has 0 unspecified atom stereocenters. The van der Waals surface area contributed by atoms with Crippen LogP contribution in [0.1, 0.15) is 25.7 Å². The Balaban J connectivity index is 2.42. The summed E-state index contributed by atoms with van der Waals surface area (Å²) in [6, 6.07) is 2.82. The van der Waals surface area contributed by atoms with Crippen molar-refractivity contribution in [3.63, 3.8) is 0 Å². The zero-order valence-corrected chi connectivity index (χ0v) is 10.7. The van der Waals surface area contributed by atoms with Crippen molar-refractivity contribution in [3.05, 3.63) is 17.9 Å². The molecule has 1 aromatic carbocycles. The average Bonchev–Trinajstić information content (AvgIpc) is 2.36. The number of hydrogen-bond acceptors (Lipinski definition) is 4. The summed E-state index contributed by atoms with van der Waals surface area (Å²) in [4.78, 5) is 0. The lowest BCUT2D eigenvalue weighted by molar-refractivity contribution is 0.283. The molecule has 4 nitrogen and oxygen atoms in total. The molecule has 0 bridgehead atoms. The van der Waals surface area contributed by atoms with Gasteiger partial charge in [0.1, 0.15) is 0 Å². The molecule has 0 aliphatic rings. The van der Waals surface area contributed by atoms with Crippen LogP contribution in [-0.4, -0.2) is 25.4 Å². The smallest absolute Gasteiger partial charge is 0.167 e. The third-order valence-corrected chi connectivity index (χ3v) is 2.72. The van der Waals surface area contributed by atoms with Gasteiger partial charge in [0.2, 0.25) is 0 Å². The normalized spacial score (nSPS) is 10.4. The largest absolute Gasteiger partial charge is 0.494 e. The van der Waals surface area contributed by atoms with Gasteiger partial charge in [0, 0.05) is 25.3 Å². The van der Waals surface area contributed by atoms with Gasteiger partial charge in [-0.3, -0.25) is 0 Å². The van der Waals surface area contributed by atoms with Crippen LogP contribution in [0.4, 0.5) is 15.8 Å². The minimum atomic E-state index is -0.455. The van der Waals surface area contributed by atoms with Crippen LogP contribution >= 0.6 is 0 Å². The molecule has 0 fully saturated rings. The van der Waals surface area contributed by atoms with E-state index in [0.29, 0.717) is 11.4 Å². The van der Waals surface area contributed by atoms with Crippen molar-refractivity contribution in [3.8, 4) is 5.75 Å². The molecule has 5 heteroatoms. The Morgan fingerprint density at radius 2 is 2.00 bits per heavy atom. The number of benzene rings is 1. The summed E-state index contributed by atoms with van der Waals surface area (Å²) in [6.07, 6.45) is 3.89. The number of nitrogens with two attached hydrogens (primary N) is 1. The van der Waals surface area contributed by atoms with Crippen molar-refractivity contribution in [2.24, 2.45) is 0 Å². The second kappa shape index (κ2) is 7.76. The Kier molecular flexibility index (Phi) is 6.28. The van der Waals surface area contributed by atoms with Crippen LogP contribution in [0.15, 0.2) is 12.1 Å². The fraction of sp³-hybridized carbons (Fsp3) is 0.538. The Labute approximate surface area is 107 Å². The molecule has 1 aromatic rings. The van der Waals surface area contributed by atoms with Gasteiger partial charge in [-0.1, -0.05) is 12.8 Å². The van der Waals surface area contributed by atoms with E-state index in [4.69, 9.17) is 15.6 Å². The lowest BCUT2D eigenvalue weighted by Crippen LogP contribution is -2.05. The Bertz CT molecular complexity index is 372. The second-order valence-electron chi connectivity index (χ2n) is 4.14. The van der Waals surface area contributed by atoms with E-state index in [-0.39, 0.29) is 12.4 Å². The van der Waals surface area contributed by atoms with Crippen LogP contribution in [0, 0.1) is 5.82 Å². The number of nitrogens with one attached hydrogen (secondary N) is 1. The van der Waals surface area contributed by atoms with Gasteiger partial charge in [0.25, 0.3) is 0 Å². The van der Waals surface area contributed by atoms with Crippen LogP contribution in [0.25, 0.3) is 0 Å². The number of aliphatic hydroxyl groups is 1. The molecule has 0 heterocycles. The summed E-state index contributed by atoms with van der Waals surface area (Å²) in [7, 11) is 1.42. The highest BCUT2D eigenvalue weighted by molar-refractivity contribution is 5.68. The molecule has 0 saturated heterocycles. The molecule has 0 aromatic heterocycles. The molecule has 0 aliphatic heterocycles. The highest BCUT2D eigenvalue weighted by Crippen LogP contribution is 2.27. The molecular formula is C13H21FN2O2. The van der Waals surface area contributed by atoms with E-state index in [9.17, 15) is 4.39 Å². The Morgan fingerprint density at radius 1 is 1.28 bits per heavy atom. The molecule has 0 aliphatic carbocycles. The van der Waals surface area contributed by atoms with Crippen LogP contribution in [0.5, 0.6) is 5.75 Å². The molecule has 0 saturated carbocycles. The summed E-state index contributed by atoms with van der Waals surface area (Å²) in [5.41, 5.74) is 6.78. The summed E-state index contributed by atoms with van der Waals surface area (Å²) < 4.78 is 18.2. The first-order valence-corrected chi connectivity index (χ1v) is 6.16. The maximum atomic E-state index is 13.3. The number of methoxy groups -OCH3 is 1. The van der Waals surface area contributed by atoms with Gasteiger partial charge < -0.3 is 20.9 Å². The molecular weight excluding hydrogens is 235 g/mol. The van der Waals surface area contributed by atoms with Gasteiger partial charge in [0.05, 0.1) is 18.5 Å². The van der Waals surface area contributed by atoms with Crippen molar-refractivity contribution in [2.75, 3.05) is 31.3 Å². The first-order chi connectivity index (χ1) is 8.69. The summed E-state index contributed by atoms with van der Waals surface area (Å²) in [6.45, 7) is 1.01. The van der Waals surface area contributed by atoms with Gasteiger partial charge in [-0.25, -0.2) is 4.39 Å². The number of ether oxygens (including phenoxy) is 1. The number of rotatable bonds is 8.